The van der Waals surface area contributed by atoms with Crippen molar-refractivity contribution in [2.75, 3.05) is 19.7 Å². The van der Waals surface area contributed by atoms with Gasteiger partial charge in [-0.3, -0.25) is 0 Å². The Labute approximate surface area is 118 Å². The molecule has 0 atom stereocenters. The van der Waals surface area contributed by atoms with Crippen LogP contribution in [0.5, 0.6) is 5.75 Å². The molecule has 0 bridgehead atoms. The van der Waals surface area contributed by atoms with E-state index in [4.69, 9.17) is 4.74 Å². The Morgan fingerprint density at radius 3 is 2.63 bits per heavy atom. The van der Waals surface area contributed by atoms with Crippen LogP contribution in [0.25, 0.3) is 0 Å². The van der Waals surface area contributed by atoms with Gasteiger partial charge in [0.05, 0.1) is 6.61 Å². The van der Waals surface area contributed by atoms with Crippen LogP contribution in [0.2, 0.25) is 0 Å². The Bertz CT molecular complexity index is 336. The molecule has 0 aromatic heterocycles. The molecule has 0 saturated carbocycles. The average Bonchev–Trinajstić information content (AvgIpc) is 2.36. The Balaban J connectivity index is 1.91. The summed E-state index contributed by atoms with van der Waals surface area (Å²) in [6.45, 7) is 9.71. The average molecular weight is 263 g/mol. The summed E-state index contributed by atoms with van der Waals surface area (Å²) in [5, 5.41) is 3.48. The molecule has 1 rings (SSSR count). The molecule has 0 amide bonds. The van der Waals surface area contributed by atoms with E-state index >= 15 is 0 Å². The minimum absolute atomic E-state index is 0.753. The summed E-state index contributed by atoms with van der Waals surface area (Å²) in [6, 6.07) is 8.26. The van der Waals surface area contributed by atoms with E-state index in [-0.39, 0.29) is 0 Å². The first-order valence-electron chi connectivity index (χ1n) is 7.58. The second-order valence-electron chi connectivity index (χ2n) is 5.68. The number of hydrogen-bond acceptors (Lipinski definition) is 2. The molecular formula is C17H29NO. The molecular weight excluding hydrogens is 234 g/mol. The lowest BCUT2D eigenvalue weighted by molar-refractivity contribution is 0.304. The molecule has 0 heterocycles. The Hall–Kier alpha value is -1.02. The summed E-state index contributed by atoms with van der Waals surface area (Å²) in [5.41, 5.74) is 1.26. The van der Waals surface area contributed by atoms with Gasteiger partial charge in [0.25, 0.3) is 0 Å². The summed E-state index contributed by atoms with van der Waals surface area (Å²) < 4.78 is 5.73. The first kappa shape index (κ1) is 16.0. The molecule has 2 nitrogen and oxygen atoms in total. The van der Waals surface area contributed by atoms with Gasteiger partial charge in [-0.1, -0.05) is 38.8 Å². The van der Waals surface area contributed by atoms with E-state index in [1.165, 1.54) is 24.8 Å². The predicted molar refractivity (Wildman–Crippen MR) is 82.8 cm³/mol. The van der Waals surface area contributed by atoms with Gasteiger partial charge in [-0.2, -0.15) is 0 Å². The topological polar surface area (TPSA) is 21.3 Å². The van der Waals surface area contributed by atoms with Crippen LogP contribution >= 0.6 is 0 Å². The highest BCUT2D eigenvalue weighted by atomic mass is 16.5. The van der Waals surface area contributed by atoms with E-state index in [0.717, 1.165) is 37.8 Å². The lowest BCUT2D eigenvalue weighted by Crippen LogP contribution is -2.20. The Morgan fingerprint density at radius 2 is 1.89 bits per heavy atom. The van der Waals surface area contributed by atoms with Gasteiger partial charge in [0.2, 0.25) is 0 Å². The van der Waals surface area contributed by atoms with Gasteiger partial charge in [0.15, 0.2) is 0 Å². The van der Waals surface area contributed by atoms with Crippen molar-refractivity contribution >= 4 is 0 Å². The van der Waals surface area contributed by atoms with E-state index in [1.807, 2.05) is 12.1 Å². The van der Waals surface area contributed by atoms with Crippen molar-refractivity contribution < 1.29 is 4.74 Å². The van der Waals surface area contributed by atoms with Gasteiger partial charge in [0, 0.05) is 0 Å². The highest BCUT2D eigenvalue weighted by molar-refractivity contribution is 5.27. The van der Waals surface area contributed by atoms with E-state index in [1.54, 1.807) is 0 Å². The fraction of sp³-hybridized carbons (Fsp3) is 0.647. The van der Waals surface area contributed by atoms with Crippen LogP contribution in [0.1, 0.15) is 45.1 Å². The monoisotopic (exact) mass is 263 g/mol. The zero-order chi connectivity index (χ0) is 13.9. The quantitative estimate of drug-likeness (QED) is 0.639. The van der Waals surface area contributed by atoms with Gasteiger partial charge in [0.1, 0.15) is 5.75 Å². The molecule has 19 heavy (non-hydrogen) atoms. The maximum Gasteiger partial charge on any atom is 0.119 e. The minimum atomic E-state index is 0.753. The third-order valence-electron chi connectivity index (χ3n) is 3.06. The summed E-state index contributed by atoms with van der Waals surface area (Å²) >= 11 is 0. The number of rotatable bonds is 10. The molecule has 0 aliphatic heterocycles. The smallest absolute Gasteiger partial charge is 0.119 e. The van der Waals surface area contributed by atoms with Gasteiger partial charge in [-0.15, -0.1) is 0 Å². The van der Waals surface area contributed by atoms with Crippen molar-refractivity contribution in [1.29, 1.82) is 0 Å². The third kappa shape index (κ3) is 8.66. The van der Waals surface area contributed by atoms with E-state index in [2.05, 4.69) is 38.2 Å². The SMILES string of the molecule is Cc1cccc(OCCCCCCNCC(C)C)c1. The first-order valence-corrected chi connectivity index (χ1v) is 7.58. The highest BCUT2D eigenvalue weighted by Crippen LogP contribution is 2.13. The van der Waals surface area contributed by atoms with Gasteiger partial charge in [-0.05, 0) is 56.5 Å². The molecule has 1 N–H and O–H groups in total. The molecule has 0 aliphatic rings. The molecule has 1 aromatic carbocycles. The van der Waals surface area contributed by atoms with E-state index in [9.17, 15) is 0 Å². The maximum absolute atomic E-state index is 5.73. The van der Waals surface area contributed by atoms with Crippen LogP contribution in [0, 0.1) is 12.8 Å². The standard InChI is InChI=1S/C17H29NO/c1-15(2)14-18-11-6-4-5-7-12-19-17-10-8-9-16(3)13-17/h8-10,13,15,18H,4-7,11-12,14H2,1-3H3. The number of nitrogens with one attached hydrogen (secondary N) is 1. The molecule has 0 unspecified atom stereocenters. The second kappa shape index (κ2) is 9.85. The number of benzene rings is 1. The van der Waals surface area contributed by atoms with Crippen LogP contribution < -0.4 is 10.1 Å². The Kier molecular flexibility index (Phi) is 8.31. The van der Waals surface area contributed by atoms with Crippen LogP contribution in [0.4, 0.5) is 0 Å². The number of aryl methyl sites for hydroxylation is 1. The molecule has 0 saturated heterocycles. The molecule has 108 valence electrons. The second-order valence-corrected chi connectivity index (χ2v) is 5.68. The van der Waals surface area contributed by atoms with Crippen molar-refractivity contribution in [3.05, 3.63) is 29.8 Å². The largest absolute Gasteiger partial charge is 0.494 e. The summed E-state index contributed by atoms with van der Waals surface area (Å²) in [4.78, 5) is 0. The summed E-state index contributed by atoms with van der Waals surface area (Å²) in [6.07, 6.45) is 4.98. The number of ether oxygens (including phenoxy) is 1. The number of hydrogen-bond donors (Lipinski definition) is 1. The molecule has 0 fully saturated rings. The summed E-state index contributed by atoms with van der Waals surface area (Å²) in [7, 11) is 0. The lowest BCUT2D eigenvalue weighted by atomic mass is 10.2. The van der Waals surface area contributed by atoms with Crippen molar-refractivity contribution in [1.82, 2.24) is 5.32 Å². The Morgan fingerprint density at radius 1 is 1.11 bits per heavy atom. The van der Waals surface area contributed by atoms with Crippen molar-refractivity contribution in [2.24, 2.45) is 5.92 Å². The van der Waals surface area contributed by atoms with Crippen LogP contribution in [0.15, 0.2) is 24.3 Å². The highest BCUT2D eigenvalue weighted by Gasteiger charge is 1.95. The molecule has 2 heteroatoms. The fourth-order valence-corrected chi connectivity index (χ4v) is 1.99. The van der Waals surface area contributed by atoms with Gasteiger partial charge >= 0.3 is 0 Å². The van der Waals surface area contributed by atoms with Gasteiger partial charge < -0.3 is 10.1 Å². The molecule has 0 radical (unpaired) electrons. The fourth-order valence-electron chi connectivity index (χ4n) is 1.99. The third-order valence-corrected chi connectivity index (χ3v) is 3.06. The molecule has 1 aromatic rings. The van der Waals surface area contributed by atoms with Crippen molar-refractivity contribution in [3.63, 3.8) is 0 Å². The summed E-state index contributed by atoms with van der Waals surface area (Å²) in [5.74, 6) is 1.75. The van der Waals surface area contributed by atoms with E-state index in [0.29, 0.717) is 0 Å². The molecule has 0 spiro atoms. The van der Waals surface area contributed by atoms with E-state index < -0.39 is 0 Å². The normalized spacial score (nSPS) is 10.9. The zero-order valence-electron chi connectivity index (χ0n) is 12.7. The lowest BCUT2D eigenvalue weighted by Gasteiger charge is -2.08. The number of unbranched alkanes of at least 4 members (excludes halogenated alkanes) is 3. The van der Waals surface area contributed by atoms with Crippen LogP contribution in [-0.4, -0.2) is 19.7 Å². The van der Waals surface area contributed by atoms with Crippen molar-refractivity contribution in [3.8, 4) is 5.75 Å². The van der Waals surface area contributed by atoms with Gasteiger partial charge in [-0.25, -0.2) is 0 Å². The first-order chi connectivity index (χ1) is 9.18. The molecule has 0 aliphatic carbocycles. The van der Waals surface area contributed by atoms with Crippen LogP contribution in [-0.2, 0) is 0 Å². The minimum Gasteiger partial charge on any atom is -0.494 e. The predicted octanol–water partition coefficient (Wildman–Crippen LogP) is 4.18. The van der Waals surface area contributed by atoms with Crippen LogP contribution in [0.3, 0.4) is 0 Å². The van der Waals surface area contributed by atoms with Crippen molar-refractivity contribution in [2.45, 2.75) is 46.5 Å². The zero-order valence-corrected chi connectivity index (χ0v) is 12.7. The maximum atomic E-state index is 5.73.